The summed E-state index contributed by atoms with van der Waals surface area (Å²) in [7, 11) is -1.75. The number of sulfonamides is 1. The van der Waals surface area contributed by atoms with Crippen molar-refractivity contribution in [1.29, 1.82) is 0 Å². The molecule has 7 nitrogen and oxygen atoms in total. The van der Waals surface area contributed by atoms with Crippen molar-refractivity contribution in [3.8, 4) is 0 Å². The number of nitrogens with zero attached hydrogens (tertiary/aromatic N) is 2. The number of thiophene rings is 1. The summed E-state index contributed by atoms with van der Waals surface area (Å²) < 4.78 is 32.4. The minimum Gasteiger partial charge on any atom is -0.379 e. The van der Waals surface area contributed by atoms with Gasteiger partial charge in [0.25, 0.3) is 10.0 Å². The monoisotopic (exact) mass is 451 g/mol. The summed E-state index contributed by atoms with van der Waals surface area (Å²) >= 11 is 1.19. The summed E-state index contributed by atoms with van der Waals surface area (Å²) in [6.45, 7) is 6.67. The van der Waals surface area contributed by atoms with E-state index in [0.29, 0.717) is 49.5 Å². The van der Waals surface area contributed by atoms with Gasteiger partial charge in [-0.15, -0.1) is 11.3 Å². The minimum absolute atomic E-state index is 0.200. The van der Waals surface area contributed by atoms with Crippen LogP contribution in [0.2, 0.25) is 0 Å². The molecule has 2 aromatic rings. The number of rotatable bonds is 7. The van der Waals surface area contributed by atoms with E-state index in [1.54, 1.807) is 24.1 Å². The zero-order chi connectivity index (χ0) is 21.7. The first kappa shape index (κ1) is 22.7. The van der Waals surface area contributed by atoms with E-state index >= 15 is 0 Å². The van der Waals surface area contributed by atoms with E-state index in [9.17, 15) is 13.2 Å². The molecule has 9 heteroatoms. The molecule has 1 aromatic heterocycles. The molecule has 1 saturated heterocycles. The fourth-order valence-corrected chi connectivity index (χ4v) is 6.02. The van der Waals surface area contributed by atoms with Crippen LogP contribution in [0.5, 0.6) is 0 Å². The SMILES string of the molecule is CC(C)c1ccc(CN(C)C(=O)NCc2ccc(S(=O)(=O)N3CCOCC3)s2)cc1. The number of morpholine rings is 1. The fourth-order valence-electron chi connectivity index (χ4n) is 3.16. The second-order valence-corrected chi connectivity index (χ2v) is 11.0. The maximum absolute atomic E-state index is 12.7. The zero-order valence-electron chi connectivity index (χ0n) is 17.6. The highest BCUT2D eigenvalue weighted by Crippen LogP contribution is 2.25. The Bertz CT molecular complexity index is 949. The van der Waals surface area contributed by atoms with Crippen LogP contribution in [0.25, 0.3) is 0 Å². The van der Waals surface area contributed by atoms with Crippen LogP contribution in [0.3, 0.4) is 0 Å². The average Bonchev–Trinajstić information content (AvgIpc) is 3.23. The molecule has 1 aliphatic rings. The fraction of sp³-hybridized carbons (Fsp3) is 0.476. The number of ether oxygens (including phenoxy) is 1. The predicted octanol–water partition coefficient (Wildman–Crippen LogP) is 3.23. The molecule has 0 radical (unpaired) electrons. The Morgan fingerprint density at radius 1 is 1.17 bits per heavy atom. The van der Waals surface area contributed by atoms with Gasteiger partial charge >= 0.3 is 6.03 Å². The molecule has 0 unspecified atom stereocenters. The molecule has 3 rings (SSSR count). The summed E-state index contributed by atoms with van der Waals surface area (Å²) in [6.07, 6.45) is 0. The third-order valence-corrected chi connectivity index (χ3v) is 8.48. The molecule has 0 bridgehead atoms. The molecule has 1 N–H and O–H groups in total. The van der Waals surface area contributed by atoms with Crippen LogP contribution < -0.4 is 5.32 Å². The maximum atomic E-state index is 12.7. The Kier molecular flexibility index (Phi) is 7.51. The molecule has 1 fully saturated rings. The van der Waals surface area contributed by atoms with E-state index in [4.69, 9.17) is 4.74 Å². The maximum Gasteiger partial charge on any atom is 0.317 e. The lowest BCUT2D eigenvalue weighted by molar-refractivity contribution is 0.0731. The summed E-state index contributed by atoms with van der Waals surface area (Å²) in [5.74, 6) is 0.475. The molecule has 2 amide bonds. The van der Waals surface area contributed by atoms with E-state index in [-0.39, 0.29) is 6.03 Å². The van der Waals surface area contributed by atoms with Gasteiger partial charge in [-0.1, -0.05) is 38.1 Å². The summed E-state index contributed by atoms with van der Waals surface area (Å²) in [4.78, 5) is 14.8. The van der Waals surface area contributed by atoms with Gasteiger partial charge in [-0.3, -0.25) is 0 Å². The van der Waals surface area contributed by atoms with Gasteiger partial charge in [0, 0.05) is 31.6 Å². The number of carbonyl (C=O) groups is 1. The Labute approximate surface area is 182 Å². The molecular weight excluding hydrogens is 422 g/mol. The molecule has 164 valence electrons. The highest BCUT2D eigenvalue weighted by molar-refractivity contribution is 7.91. The number of nitrogens with one attached hydrogen (secondary N) is 1. The largest absolute Gasteiger partial charge is 0.379 e. The highest BCUT2D eigenvalue weighted by Gasteiger charge is 2.27. The molecule has 30 heavy (non-hydrogen) atoms. The number of hydrogen-bond acceptors (Lipinski definition) is 5. The molecule has 1 aromatic carbocycles. The van der Waals surface area contributed by atoms with Gasteiger partial charge in [0.1, 0.15) is 4.21 Å². The van der Waals surface area contributed by atoms with Crippen LogP contribution in [0, 0.1) is 0 Å². The van der Waals surface area contributed by atoms with Crippen molar-refractivity contribution in [3.63, 3.8) is 0 Å². The van der Waals surface area contributed by atoms with Crippen molar-refractivity contribution < 1.29 is 17.9 Å². The van der Waals surface area contributed by atoms with Gasteiger partial charge in [0.2, 0.25) is 0 Å². The summed E-state index contributed by atoms with van der Waals surface area (Å²) in [5.41, 5.74) is 2.33. The van der Waals surface area contributed by atoms with Crippen LogP contribution in [0.4, 0.5) is 4.79 Å². The lowest BCUT2D eigenvalue weighted by Crippen LogP contribution is -2.40. The van der Waals surface area contributed by atoms with E-state index < -0.39 is 10.0 Å². The Morgan fingerprint density at radius 3 is 2.47 bits per heavy atom. The number of hydrogen-bond donors (Lipinski definition) is 1. The highest BCUT2D eigenvalue weighted by atomic mass is 32.2. The van der Waals surface area contributed by atoms with Gasteiger partial charge in [-0.05, 0) is 29.2 Å². The van der Waals surface area contributed by atoms with Crippen LogP contribution in [0.15, 0.2) is 40.6 Å². The van der Waals surface area contributed by atoms with Gasteiger partial charge in [-0.2, -0.15) is 4.31 Å². The van der Waals surface area contributed by atoms with Crippen molar-refractivity contribution in [2.24, 2.45) is 0 Å². The lowest BCUT2D eigenvalue weighted by Gasteiger charge is -2.25. The number of benzene rings is 1. The topological polar surface area (TPSA) is 79.0 Å². The first-order chi connectivity index (χ1) is 14.3. The van der Waals surface area contributed by atoms with Crippen LogP contribution in [-0.4, -0.2) is 57.0 Å². The molecule has 0 saturated carbocycles. The Balaban J connectivity index is 1.53. The lowest BCUT2D eigenvalue weighted by atomic mass is 10.0. The van der Waals surface area contributed by atoms with Crippen molar-refractivity contribution in [2.75, 3.05) is 33.4 Å². The minimum atomic E-state index is -3.50. The zero-order valence-corrected chi connectivity index (χ0v) is 19.3. The quantitative estimate of drug-likeness (QED) is 0.701. The van der Waals surface area contributed by atoms with Crippen molar-refractivity contribution in [1.82, 2.24) is 14.5 Å². The first-order valence-corrected chi connectivity index (χ1v) is 12.3. The van der Waals surface area contributed by atoms with Crippen LogP contribution in [0.1, 0.15) is 35.8 Å². The molecule has 0 atom stereocenters. The third kappa shape index (κ3) is 5.60. The van der Waals surface area contributed by atoms with E-state index in [0.717, 1.165) is 10.4 Å². The molecule has 2 heterocycles. The smallest absolute Gasteiger partial charge is 0.317 e. The van der Waals surface area contributed by atoms with Crippen molar-refractivity contribution >= 4 is 27.4 Å². The van der Waals surface area contributed by atoms with Crippen molar-refractivity contribution in [3.05, 3.63) is 52.4 Å². The van der Waals surface area contributed by atoms with Gasteiger partial charge in [-0.25, -0.2) is 13.2 Å². The van der Waals surface area contributed by atoms with Gasteiger partial charge in [0.05, 0.1) is 19.8 Å². The summed E-state index contributed by atoms with van der Waals surface area (Å²) in [5, 5.41) is 2.86. The van der Waals surface area contributed by atoms with Gasteiger partial charge in [0.15, 0.2) is 0 Å². The molecule has 1 aliphatic heterocycles. The van der Waals surface area contributed by atoms with Crippen LogP contribution >= 0.6 is 11.3 Å². The van der Waals surface area contributed by atoms with E-state index in [1.165, 1.54) is 21.2 Å². The second kappa shape index (κ2) is 9.91. The Morgan fingerprint density at radius 2 is 1.83 bits per heavy atom. The second-order valence-electron chi connectivity index (χ2n) is 7.65. The standard InChI is InChI=1S/C21H29N3O4S2/c1-16(2)18-6-4-17(5-7-18)15-23(3)21(25)22-14-19-8-9-20(29-19)30(26,27)24-10-12-28-13-11-24/h4-9,16H,10-15H2,1-3H3,(H,22,25). The molecule has 0 aliphatic carbocycles. The third-order valence-electron chi connectivity index (χ3n) is 5.03. The predicted molar refractivity (Wildman–Crippen MR) is 118 cm³/mol. The number of carbonyl (C=O) groups excluding carboxylic acids is 1. The van der Waals surface area contributed by atoms with Crippen molar-refractivity contribution in [2.45, 2.75) is 37.1 Å². The average molecular weight is 452 g/mol. The Hall–Kier alpha value is -1.94. The number of amides is 2. The van der Waals surface area contributed by atoms with E-state index in [1.807, 2.05) is 12.1 Å². The van der Waals surface area contributed by atoms with Gasteiger partial charge < -0.3 is 15.0 Å². The number of urea groups is 1. The normalized spacial score (nSPS) is 15.3. The first-order valence-electron chi connectivity index (χ1n) is 10.0. The van der Waals surface area contributed by atoms with Crippen LogP contribution in [-0.2, 0) is 27.8 Å². The summed E-state index contributed by atoms with van der Waals surface area (Å²) in [6, 6.07) is 11.4. The van der Waals surface area contributed by atoms with E-state index in [2.05, 4.69) is 31.3 Å². The molecular formula is C21H29N3O4S2. The molecule has 0 spiro atoms.